The van der Waals surface area contributed by atoms with E-state index >= 15 is 0 Å². The van der Waals surface area contributed by atoms with Crippen molar-refractivity contribution < 1.29 is 17.9 Å². The van der Waals surface area contributed by atoms with Crippen molar-refractivity contribution in [2.45, 2.75) is 11.8 Å². The van der Waals surface area contributed by atoms with E-state index in [9.17, 15) is 8.42 Å². The van der Waals surface area contributed by atoms with Crippen LogP contribution in [-0.2, 0) is 10.0 Å². The summed E-state index contributed by atoms with van der Waals surface area (Å²) < 4.78 is 34.8. The summed E-state index contributed by atoms with van der Waals surface area (Å²) in [6, 6.07) is 11.0. The molecule has 0 saturated carbocycles. The molecular weight excluding hydrogens is 352 g/mol. The first kappa shape index (κ1) is 18.1. The maximum Gasteiger partial charge on any atom is 0.276 e. The molecule has 0 fully saturated rings. The normalized spacial score (nSPS) is 11.9. The number of benzene rings is 2. The van der Waals surface area contributed by atoms with Crippen molar-refractivity contribution in [1.82, 2.24) is 4.83 Å². The lowest BCUT2D eigenvalue weighted by molar-refractivity contribution is 0.355. The Labute approximate surface area is 146 Å². The largest absolute Gasteiger partial charge is 0.493 e. The van der Waals surface area contributed by atoms with Gasteiger partial charge in [-0.15, -0.1) is 0 Å². The maximum atomic E-state index is 12.2. The maximum absolute atomic E-state index is 12.2. The van der Waals surface area contributed by atoms with Crippen molar-refractivity contribution >= 4 is 27.3 Å². The number of hydrogen-bond donors (Lipinski definition) is 1. The Morgan fingerprint density at radius 3 is 2.25 bits per heavy atom. The fourth-order valence-electron chi connectivity index (χ4n) is 1.92. The summed E-state index contributed by atoms with van der Waals surface area (Å²) >= 11 is 5.76. The molecule has 0 heterocycles. The van der Waals surface area contributed by atoms with Crippen molar-refractivity contribution in [2.75, 3.05) is 14.2 Å². The molecule has 128 valence electrons. The zero-order valence-corrected chi connectivity index (χ0v) is 15.0. The topological polar surface area (TPSA) is 77.0 Å². The van der Waals surface area contributed by atoms with Crippen molar-refractivity contribution in [3.8, 4) is 11.5 Å². The highest BCUT2D eigenvalue weighted by molar-refractivity contribution is 7.89. The van der Waals surface area contributed by atoms with Crippen molar-refractivity contribution in [3.05, 3.63) is 53.1 Å². The molecule has 0 aromatic heterocycles. The minimum absolute atomic E-state index is 0.0794. The van der Waals surface area contributed by atoms with E-state index in [2.05, 4.69) is 9.93 Å². The Morgan fingerprint density at radius 2 is 1.67 bits per heavy atom. The van der Waals surface area contributed by atoms with Crippen LogP contribution in [-0.4, -0.2) is 28.3 Å². The van der Waals surface area contributed by atoms with Crippen molar-refractivity contribution in [1.29, 1.82) is 0 Å². The van der Waals surface area contributed by atoms with E-state index in [1.165, 1.54) is 31.4 Å². The van der Waals surface area contributed by atoms with Gasteiger partial charge in [0.1, 0.15) is 0 Å². The standard InChI is InChI=1S/C16H17ClN2O4S/c1-11(12-4-9-15(22-2)16(10-12)23-3)18-19-24(20,21)14-7-5-13(17)6-8-14/h4-10,19H,1-3H3/b18-11-. The van der Waals surface area contributed by atoms with Crippen LogP contribution in [0.4, 0.5) is 0 Å². The molecule has 0 saturated heterocycles. The summed E-state index contributed by atoms with van der Waals surface area (Å²) in [5, 5.41) is 4.40. The van der Waals surface area contributed by atoms with E-state index in [0.29, 0.717) is 27.8 Å². The Balaban J connectivity index is 2.23. The van der Waals surface area contributed by atoms with Crippen LogP contribution >= 0.6 is 11.6 Å². The molecule has 0 unspecified atom stereocenters. The lowest BCUT2D eigenvalue weighted by Gasteiger charge is -2.10. The third-order valence-corrected chi connectivity index (χ3v) is 4.74. The van der Waals surface area contributed by atoms with Gasteiger partial charge in [-0.25, -0.2) is 0 Å². The number of rotatable bonds is 6. The van der Waals surface area contributed by atoms with E-state index in [1.54, 1.807) is 32.2 Å². The van der Waals surface area contributed by atoms with Gasteiger partial charge in [-0.2, -0.15) is 18.4 Å². The molecule has 2 rings (SSSR count). The van der Waals surface area contributed by atoms with Crippen LogP contribution < -0.4 is 14.3 Å². The third kappa shape index (κ3) is 4.18. The van der Waals surface area contributed by atoms with Crippen LogP contribution in [0.5, 0.6) is 11.5 Å². The summed E-state index contributed by atoms with van der Waals surface area (Å²) in [7, 11) is -0.695. The second-order valence-electron chi connectivity index (χ2n) is 4.82. The SMILES string of the molecule is COc1ccc(/C(C)=N\NS(=O)(=O)c2ccc(Cl)cc2)cc1OC. The van der Waals surface area contributed by atoms with E-state index in [1.807, 2.05) is 0 Å². The Morgan fingerprint density at radius 1 is 1.04 bits per heavy atom. The van der Waals surface area contributed by atoms with Gasteiger partial charge in [0, 0.05) is 10.6 Å². The zero-order chi connectivity index (χ0) is 17.7. The quantitative estimate of drug-likeness (QED) is 0.628. The predicted octanol–water partition coefficient (Wildman–Crippen LogP) is 3.06. The molecule has 1 N–H and O–H groups in total. The Hall–Kier alpha value is -2.25. The number of nitrogens with one attached hydrogen (secondary N) is 1. The van der Waals surface area contributed by atoms with Crippen LogP contribution in [0, 0.1) is 0 Å². The zero-order valence-electron chi connectivity index (χ0n) is 13.4. The highest BCUT2D eigenvalue weighted by Gasteiger charge is 2.13. The molecule has 0 amide bonds. The van der Waals surface area contributed by atoms with Gasteiger partial charge in [0.25, 0.3) is 10.0 Å². The molecule has 2 aromatic carbocycles. The first-order chi connectivity index (χ1) is 11.4. The number of sulfonamides is 1. The van der Waals surface area contributed by atoms with Gasteiger partial charge in [0.15, 0.2) is 11.5 Å². The summed E-state index contributed by atoms with van der Waals surface area (Å²) in [5.41, 5.74) is 1.18. The van der Waals surface area contributed by atoms with Gasteiger partial charge < -0.3 is 9.47 Å². The molecule has 0 spiro atoms. The average Bonchev–Trinajstić information content (AvgIpc) is 2.59. The minimum Gasteiger partial charge on any atom is -0.493 e. The van der Waals surface area contributed by atoms with Gasteiger partial charge >= 0.3 is 0 Å². The number of halogens is 1. The van der Waals surface area contributed by atoms with Crippen molar-refractivity contribution in [2.24, 2.45) is 5.10 Å². The molecule has 8 heteroatoms. The van der Waals surface area contributed by atoms with Crippen LogP contribution in [0.25, 0.3) is 0 Å². The number of hydrazone groups is 1. The molecule has 0 radical (unpaired) electrons. The fraction of sp³-hybridized carbons (Fsp3) is 0.188. The first-order valence-corrected chi connectivity index (χ1v) is 8.77. The molecule has 6 nitrogen and oxygen atoms in total. The lowest BCUT2D eigenvalue weighted by atomic mass is 10.1. The highest BCUT2D eigenvalue weighted by atomic mass is 35.5. The van der Waals surface area contributed by atoms with Crippen LogP contribution in [0.2, 0.25) is 5.02 Å². The second-order valence-corrected chi connectivity index (χ2v) is 6.91. The third-order valence-electron chi connectivity index (χ3n) is 3.26. The lowest BCUT2D eigenvalue weighted by Crippen LogP contribution is -2.19. The van der Waals surface area contributed by atoms with Gasteiger partial charge in [0.05, 0.1) is 24.8 Å². The summed E-state index contributed by atoms with van der Waals surface area (Å²) in [6.45, 7) is 1.69. The monoisotopic (exact) mass is 368 g/mol. The van der Waals surface area contributed by atoms with Crippen molar-refractivity contribution in [3.63, 3.8) is 0 Å². The van der Waals surface area contributed by atoms with E-state index in [-0.39, 0.29) is 4.90 Å². The van der Waals surface area contributed by atoms with Gasteiger partial charge in [-0.1, -0.05) is 11.6 Å². The second kappa shape index (κ2) is 7.55. The molecule has 0 aliphatic rings. The molecule has 0 aliphatic carbocycles. The van der Waals surface area contributed by atoms with Gasteiger partial charge in [-0.05, 0) is 49.4 Å². The van der Waals surface area contributed by atoms with E-state index < -0.39 is 10.0 Å². The van der Waals surface area contributed by atoms with Crippen LogP contribution in [0.1, 0.15) is 12.5 Å². The Kier molecular flexibility index (Phi) is 5.69. The van der Waals surface area contributed by atoms with Gasteiger partial charge in [0.2, 0.25) is 0 Å². The number of hydrogen-bond acceptors (Lipinski definition) is 5. The molecule has 0 atom stereocenters. The molecule has 2 aromatic rings. The van der Waals surface area contributed by atoms with Crippen LogP contribution in [0.15, 0.2) is 52.5 Å². The minimum atomic E-state index is -3.76. The summed E-state index contributed by atoms with van der Waals surface area (Å²) in [5.74, 6) is 1.11. The van der Waals surface area contributed by atoms with Gasteiger partial charge in [-0.3, -0.25) is 0 Å². The smallest absolute Gasteiger partial charge is 0.276 e. The van der Waals surface area contributed by atoms with E-state index in [4.69, 9.17) is 21.1 Å². The molecule has 0 bridgehead atoms. The number of nitrogens with zero attached hydrogens (tertiary/aromatic N) is 1. The summed E-state index contributed by atoms with van der Waals surface area (Å²) in [6.07, 6.45) is 0. The van der Waals surface area contributed by atoms with Crippen LogP contribution in [0.3, 0.4) is 0 Å². The number of ether oxygens (including phenoxy) is 2. The van der Waals surface area contributed by atoms with E-state index in [0.717, 1.165) is 0 Å². The predicted molar refractivity (Wildman–Crippen MR) is 93.5 cm³/mol. The molecule has 0 aliphatic heterocycles. The highest BCUT2D eigenvalue weighted by Crippen LogP contribution is 2.27. The number of methoxy groups -OCH3 is 2. The molecular formula is C16H17ClN2O4S. The Bertz CT molecular complexity index is 849. The average molecular weight is 369 g/mol. The summed E-state index contributed by atoms with van der Waals surface area (Å²) in [4.78, 5) is 2.28. The molecule has 24 heavy (non-hydrogen) atoms. The first-order valence-electron chi connectivity index (χ1n) is 6.91. The fourth-order valence-corrected chi connectivity index (χ4v) is 2.90.